The molecule has 0 amide bonds. The van der Waals surface area contributed by atoms with Crippen molar-refractivity contribution in [2.24, 2.45) is 0 Å². The van der Waals surface area contributed by atoms with Gasteiger partial charge in [0.05, 0.1) is 19.0 Å². The molecule has 1 aliphatic heterocycles. The highest BCUT2D eigenvalue weighted by atomic mass is 19.1. The first kappa shape index (κ1) is 20.6. The van der Waals surface area contributed by atoms with Crippen molar-refractivity contribution in [2.45, 2.75) is 37.5 Å². The van der Waals surface area contributed by atoms with Crippen LogP contribution in [0.5, 0.6) is 11.6 Å². The molecule has 2 aliphatic rings. The lowest BCUT2D eigenvalue weighted by molar-refractivity contribution is 0.148. The van der Waals surface area contributed by atoms with Crippen molar-refractivity contribution >= 4 is 5.82 Å². The monoisotopic (exact) mass is 436 g/mol. The first-order valence-electron chi connectivity index (χ1n) is 10.8. The van der Waals surface area contributed by atoms with Crippen LogP contribution >= 0.6 is 0 Å². The van der Waals surface area contributed by atoms with E-state index in [1.54, 1.807) is 18.3 Å². The van der Waals surface area contributed by atoms with Gasteiger partial charge in [0.25, 0.3) is 0 Å². The lowest BCUT2D eigenvalue weighted by Crippen LogP contribution is -2.48. The molecule has 2 N–H and O–H groups in total. The van der Waals surface area contributed by atoms with E-state index in [1.807, 2.05) is 24.3 Å². The van der Waals surface area contributed by atoms with Gasteiger partial charge in [0.1, 0.15) is 11.9 Å². The van der Waals surface area contributed by atoms with Gasteiger partial charge >= 0.3 is 0 Å². The largest absolute Gasteiger partial charge is 0.507 e. The van der Waals surface area contributed by atoms with Crippen molar-refractivity contribution in [3.05, 3.63) is 42.6 Å². The van der Waals surface area contributed by atoms with Gasteiger partial charge in [0.15, 0.2) is 5.82 Å². The van der Waals surface area contributed by atoms with E-state index in [2.05, 4.69) is 30.6 Å². The molecule has 8 nitrogen and oxygen atoms in total. The third-order valence-corrected chi connectivity index (χ3v) is 6.16. The fraction of sp³-hybridized carbons (Fsp3) is 0.391. The van der Waals surface area contributed by atoms with Crippen molar-refractivity contribution in [1.29, 1.82) is 0 Å². The lowest BCUT2D eigenvalue weighted by atomic mass is 9.90. The van der Waals surface area contributed by atoms with Crippen LogP contribution in [0.1, 0.15) is 19.3 Å². The average molecular weight is 436 g/mol. The smallest absolute Gasteiger partial charge is 0.233 e. The molecule has 0 unspecified atom stereocenters. The summed E-state index contributed by atoms with van der Waals surface area (Å²) in [5.41, 5.74) is 2.79. The summed E-state index contributed by atoms with van der Waals surface area (Å²) in [6.07, 6.45) is 3.23. The first-order chi connectivity index (χ1) is 15.6. The molecule has 2 aromatic heterocycles. The highest BCUT2D eigenvalue weighted by Gasteiger charge is 2.33. The van der Waals surface area contributed by atoms with Gasteiger partial charge in [-0.25, -0.2) is 4.39 Å². The zero-order chi connectivity index (χ0) is 22.1. The number of phenols is 1. The molecule has 0 spiro atoms. The van der Waals surface area contributed by atoms with E-state index in [0.29, 0.717) is 42.1 Å². The average Bonchev–Trinajstić information content (AvgIpc) is 3.27. The predicted octanol–water partition coefficient (Wildman–Crippen LogP) is 2.98. The Morgan fingerprint density at radius 2 is 1.94 bits per heavy atom. The molecule has 3 aromatic rings. The van der Waals surface area contributed by atoms with E-state index >= 15 is 0 Å². The summed E-state index contributed by atoms with van der Waals surface area (Å²) >= 11 is 0. The Bertz CT molecular complexity index is 1090. The normalized spacial score (nSPS) is 22.6. The van der Waals surface area contributed by atoms with Gasteiger partial charge in [-0.3, -0.25) is 0 Å². The van der Waals surface area contributed by atoms with E-state index in [1.165, 1.54) is 7.11 Å². The second-order valence-corrected chi connectivity index (χ2v) is 8.36. The SMILES string of the molecule is COc1cc(-c2ccc(-c3ccc(N4CC[C@@H](N[C@H]5C[C@H](F)C5)C4)nn3)c(O)c2)cnn1. The zero-order valence-electron chi connectivity index (χ0n) is 17.8. The number of anilines is 1. The summed E-state index contributed by atoms with van der Waals surface area (Å²) in [7, 11) is 1.53. The predicted molar refractivity (Wildman–Crippen MR) is 118 cm³/mol. The van der Waals surface area contributed by atoms with Gasteiger partial charge in [-0.05, 0) is 49.1 Å². The van der Waals surface area contributed by atoms with Crippen molar-refractivity contribution in [2.75, 3.05) is 25.1 Å². The molecular formula is C23H25FN6O2. The number of ether oxygens (including phenoxy) is 1. The quantitative estimate of drug-likeness (QED) is 0.609. The van der Waals surface area contributed by atoms with E-state index in [9.17, 15) is 9.50 Å². The van der Waals surface area contributed by atoms with Crippen LogP contribution in [0.4, 0.5) is 10.2 Å². The van der Waals surface area contributed by atoms with Gasteiger partial charge in [-0.2, -0.15) is 5.10 Å². The molecule has 0 radical (unpaired) electrons. The second-order valence-electron chi connectivity index (χ2n) is 8.36. The summed E-state index contributed by atoms with van der Waals surface area (Å²) < 4.78 is 18.1. The number of rotatable bonds is 6. The van der Waals surface area contributed by atoms with Crippen molar-refractivity contribution in [3.8, 4) is 34.0 Å². The molecule has 2 fully saturated rings. The van der Waals surface area contributed by atoms with Crippen molar-refractivity contribution < 1.29 is 14.2 Å². The van der Waals surface area contributed by atoms with E-state index in [-0.39, 0.29) is 5.75 Å². The Morgan fingerprint density at radius 1 is 1.06 bits per heavy atom. The lowest BCUT2D eigenvalue weighted by Gasteiger charge is -2.33. The molecule has 1 aliphatic carbocycles. The third kappa shape index (κ3) is 4.20. The minimum Gasteiger partial charge on any atom is -0.507 e. The fourth-order valence-corrected chi connectivity index (χ4v) is 4.29. The number of nitrogens with one attached hydrogen (secondary N) is 1. The summed E-state index contributed by atoms with van der Waals surface area (Å²) in [5.74, 6) is 1.32. The van der Waals surface area contributed by atoms with Crippen LogP contribution in [0.15, 0.2) is 42.6 Å². The Hall–Kier alpha value is -3.33. The summed E-state index contributed by atoms with van der Waals surface area (Å²) in [5, 5.41) is 30.6. The highest BCUT2D eigenvalue weighted by molar-refractivity contribution is 5.74. The Balaban J connectivity index is 1.27. The van der Waals surface area contributed by atoms with Gasteiger partial charge in [0, 0.05) is 42.4 Å². The van der Waals surface area contributed by atoms with Crippen LogP contribution < -0.4 is 15.0 Å². The fourth-order valence-electron chi connectivity index (χ4n) is 4.29. The third-order valence-electron chi connectivity index (χ3n) is 6.16. The molecule has 1 aromatic carbocycles. The first-order valence-corrected chi connectivity index (χ1v) is 10.8. The van der Waals surface area contributed by atoms with Gasteiger partial charge in [-0.1, -0.05) is 6.07 Å². The van der Waals surface area contributed by atoms with Crippen LogP contribution in [-0.2, 0) is 0 Å². The van der Waals surface area contributed by atoms with Crippen LogP contribution in [0.2, 0.25) is 0 Å². The molecular weight excluding hydrogens is 411 g/mol. The molecule has 32 heavy (non-hydrogen) atoms. The van der Waals surface area contributed by atoms with E-state index in [4.69, 9.17) is 4.74 Å². The van der Waals surface area contributed by atoms with Gasteiger partial charge in [0.2, 0.25) is 5.88 Å². The standard InChI is InChI=1S/C23H25FN6O2/c1-32-23-9-15(12-25-29-23)14-2-3-19(21(31)8-14)20-4-5-22(28-27-20)30-7-6-17(13-30)26-18-10-16(24)11-18/h2-5,8-9,12,16-18,26,31H,6-7,10-11,13H2,1H3/t16-,17-,18-/m1/s1. The van der Waals surface area contributed by atoms with Crippen molar-refractivity contribution in [1.82, 2.24) is 25.7 Å². The Labute approximate surface area is 185 Å². The number of alkyl halides is 1. The highest BCUT2D eigenvalue weighted by Crippen LogP contribution is 2.33. The van der Waals surface area contributed by atoms with Gasteiger partial charge in [-0.15, -0.1) is 15.3 Å². The maximum absolute atomic E-state index is 13.0. The summed E-state index contributed by atoms with van der Waals surface area (Å²) in [6, 6.07) is 11.6. The number of hydrogen-bond donors (Lipinski definition) is 2. The Kier molecular flexibility index (Phi) is 5.57. The molecule has 1 atom stereocenters. The molecule has 1 saturated carbocycles. The number of benzene rings is 1. The number of phenolic OH excluding ortho intramolecular Hbond substituents is 1. The number of methoxy groups -OCH3 is 1. The number of hydrogen-bond acceptors (Lipinski definition) is 8. The summed E-state index contributed by atoms with van der Waals surface area (Å²) in [4.78, 5) is 2.19. The molecule has 9 heteroatoms. The van der Waals surface area contributed by atoms with Crippen LogP contribution in [0, 0.1) is 0 Å². The molecule has 3 heterocycles. The molecule has 5 rings (SSSR count). The zero-order valence-corrected chi connectivity index (χ0v) is 17.8. The number of aromatic hydroxyl groups is 1. The van der Waals surface area contributed by atoms with Crippen LogP contribution in [-0.4, -0.2) is 64.0 Å². The minimum atomic E-state index is -0.641. The minimum absolute atomic E-state index is 0.109. The maximum atomic E-state index is 13.0. The molecule has 1 saturated heterocycles. The second kappa shape index (κ2) is 8.66. The van der Waals surface area contributed by atoms with E-state index < -0.39 is 6.17 Å². The van der Waals surface area contributed by atoms with Crippen LogP contribution in [0.25, 0.3) is 22.4 Å². The topological polar surface area (TPSA) is 96.3 Å². The van der Waals surface area contributed by atoms with Crippen molar-refractivity contribution in [3.63, 3.8) is 0 Å². The van der Waals surface area contributed by atoms with Gasteiger partial charge < -0.3 is 20.1 Å². The maximum Gasteiger partial charge on any atom is 0.233 e. The van der Waals surface area contributed by atoms with E-state index in [0.717, 1.165) is 36.5 Å². The number of nitrogens with zero attached hydrogens (tertiary/aromatic N) is 5. The van der Waals surface area contributed by atoms with Crippen LogP contribution in [0.3, 0.4) is 0 Å². The summed E-state index contributed by atoms with van der Waals surface area (Å²) in [6.45, 7) is 1.73. The number of aromatic nitrogens is 4. The molecule has 0 bridgehead atoms. The molecule has 166 valence electrons. The Morgan fingerprint density at radius 3 is 2.66 bits per heavy atom. The number of halogens is 1.